The monoisotopic (exact) mass is 492 g/mol. The Hall–Kier alpha value is -4.55. The smallest absolute Gasteiger partial charge is 0.313 e. The average molecular weight is 493 g/mol. The highest BCUT2D eigenvalue weighted by atomic mass is 35.5. The van der Waals surface area contributed by atoms with Gasteiger partial charge in [-0.15, -0.1) is 0 Å². The van der Waals surface area contributed by atoms with E-state index >= 15 is 0 Å². The molecule has 2 aromatic carbocycles. The van der Waals surface area contributed by atoms with Crippen molar-refractivity contribution in [3.05, 3.63) is 82.8 Å². The van der Waals surface area contributed by atoms with E-state index in [1.807, 2.05) is 13.0 Å². The number of benzene rings is 2. The van der Waals surface area contributed by atoms with Crippen LogP contribution in [0.4, 0.5) is 11.4 Å². The van der Waals surface area contributed by atoms with Crippen molar-refractivity contribution in [2.75, 3.05) is 17.2 Å². The van der Waals surface area contributed by atoms with Crippen molar-refractivity contribution in [2.45, 2.75) is 13.5 Å². The average Bonchev–Trinajstić information content (AvgIpc) is 3.29. The molecular formula is C25H21ClN4O5. The second-order valence-electron chi connectivity index (χ2n) is 7.03. The van der Waals surface area contributed by atoms with E-state index in [9.17, 15) is 19.6 Å². The lowest BCUT2D eigenvalue weighted by Gasteiger charge is -2.06. The van der Waals surface area contributed by atoms with Crippen LogP contribution in [0.3, 0.4) is 0 Å². The Labute approximate surface area is 206 Å². The molecule has 10 heteroatoms. The Bertz CT molecular complexity index is 1290. The van der Waals surface area contributed by atoms with Crippen LogP contribution in [-0.4, -0.2) is 24.3 Å². The van der Waals surface area contributed by atoms with Gasteiger partial charge in [-0.1, -0.05) is 17.7 Å². The van der Waals surface area contributed by atoms with Crippen LogP contribution in [0.25, 0.3) is 6.08 Å². The van der Waals surface area contributed by atoms with E-state index in [0.717, 1.165) is 0 Å². The van der Waals surface area contributed by atoms with Gasteiger partial charge in [-0.2, -0.15) is 5.26 Å². The number of furan rings is 1. The van der Waals surface area contributed by atoms with Crippen LogP contribution in [0.1, 0.15) is 18.4 Å². The van der Waals surface area contributed by atoms with E-state index in [2.05, 4.69) is 16.0 Å². The Morgan fingerprint density at radius 2 is 1.74 bits per heavy atom. The predicted octanol–water partition coefficient (Wildman–Crippen LogP) is 4.13. The second-order valence-corrected chi connectivity index (χ2v) is 7.47. The van der Waals surface area contributed by atoms with Crippen molar-refractivity contribution < 1.29 is 23.5 Å². The quantitative estimate of drug-likeness (QED) is 0.246. The number of nitrogens with one attached hydrogen (secondary N) is 3. The summed E-state index contributed by atoms with van der Waals surface area (Å²) in [5.74, 6) is -1.12. The first kappa shape index (κ1) is 25.1. The number of nitrogens with zero attached hydrogens (tertiary/aromatic N) is 1. The molecule has 0 unspecified atom stereocenters. The summed E-state index contributed by atoms with van der Waals surface area (Å²) in [4.78, 5) is 36.5. The van der Waals surface area contributed by atoms with Crippen LogP contribution < -0.4 is 20.7 Å². The van der Waals surface area contributed by atoms with Crippen LogP contribution in [-0.2, 0) is 20.9 Å². The molecule has 0 atom stereocenters. The van der Waals surface area contributed by atoms with Gasteiger partial charge in [0.1, 0.15) is 28.9 Å². The van der Waals surface area contributed by atoms with Crippen molar-refractivity contribution >= 4 is 46.8 Å². The molecule has 0 radical (unpaired) electrons. The molecule has 178 valence electrons. The highest BCUT2D eigenvalue weighted by molar-refractivity contribution is 6.39. The third kappa shape index (κ3) is 7.48. The zero-order chi connectivity index (χ0) is 25.2. The molecule has 9 nitrogen and oxygen atoms in total. The second kappa shape index (κ2) is 12.1. The van der Waals surface area contributed by atoms with Crippen LogP contribution in [0.2, 0.25) is 5.02 Å². The number of carbonyl (C=O) groups excluding carboxylic acids is 3. The highest BCUT2D eigenvalue weighted by Crippen LogP contribution is 2.18. The maximum absolute atomic E-state index is 12.4. The fourth-order valence-electron chi connectivity index (χ4n) is 2.86. The van der Waals surface area contributed by atoms with Gasteiger partial charge in [-0.25, -0.2) is 0 Å². The van der Waals surface area contributed by atoms with Gasteiger partial charge in [0.2, 0.25) is 0 Å². The zero-order valence-electron chi connectivity index (χ0n) is 18.6. The Kier molecular flexibility index (Phi) is 8.65. The van der Waals surface area contributed by atoms with Gasteiger partial charge in [-0.3, -0.25) is 14.4 Å². The fraction of sp³-hybridized carbons (Fsp3) is 0.120. The maximum atomic E-state index is 12.4. The molecule has 3 amide bonds. The van der Waals surface area contributed by atoms with E-state index in [0.29, 0.717) is 34.5 Å². The molecule has 3 rings (SSSR count). The van der Waals surface area contributed by atoms with Gasteiger partial charge >= 0.3 is 11.8 Å². The van der Waals surface area contributed by atoms with E-state index < -0.39 is 17.7 Å². The van der Waals surface area contributed by atoms with Crippen molar-refractivity contribution in [1.82, 2.24) is 5.32 Å². The molecular weight excluding hydrogens is 472 g/mol. The molecule has 0 spiro atoms. The van der Waals surface area contributed by atoms with E-state index in [-0.39, 0.29) is 17.9 Å². The Morgan fingerprint density at radius 3 is 2.43 bits per heavy atom. The number of amides is 3. The zero-order valence-corrected chi connectivity index (χ0v) is 19.4. The van der Waals surface area contributed by atoms with E-state index in [1.165, 1.54) is 18.2 Å². The minimum absolute atomic E-state index is 0.0735. The predicted molar refractivity (Wildman–Crippen MR) is 130 cm³/mol. The van der Waals surface area contributed by atoms with E-state index in [1.54, 1.807) is 48.5 Å². The third-order valence-electron chi connectivity index (χ3n) is 4.47. The van der Waals surface area contributed by atoms with E-state index in [4.69, 9.17) is 20.8 Å². The van der Waals surface area contributed by atoms with Gasteiger partial charge in [0.05, 0.1) is 13.2 Å². The first-order valence-corrected chi connectivity index (χ1v) is 10.8. The number of hydrogen-bond donors (Lipinski definition) is 3. The Balaban J connectivity index is 1.55. The molecule has 3 N–H and O–H groups in total. The standard InChI is InChI=1S/C25H21ClN4O5/c1-2-34-20-8-6-18(7-9-20)29-23(31)16(14-27)12-21-10-11-22(35-21)15-28-24(32)25(33)30-19-5-3-4-17(26)13-19/h3-13H,2,15H2,1H3,(H,28,32)(H,29,31)(H,30,33)/b16-12-. The minimum Gasteiger partial charge on any atom is -0.494 e. The lowest BCUT2D eigenvalue weighted by Crippen LogP contribution is -2.34. The van der Waals surface area contributed by atoms with Crippen LogP contribution in [0.15, 0.2) is 70.7 Å². The van der Waals surface area contributed by atoms with Crippen LogP contribution in [0, 0.1) is 11.3 Å². The summed E-state index contributed by atoms with van der Waals surface area (Å²) in [6.07, 6.45) is 1.28. The van der Waals surface area contributed by atoms with Gasteiger partial charge in [0.25, 0.3) is 5.91 Å². The molecule has 0 saturated heterocycles. The highest BCUT2D eigenvalue weighted by Gasteiger charge is 2.15. The molecule has 0 saturated carbocycles. The SMILES string of the molecule is CCOc1ccc(NC(=O)/C(C#N)=C\c2ccc(CNC(=O)C(=O)Nc3cccc(Cl)c3)o2)cc1. The summed E-state index contributed by atoms with van der Waals surface area (Å²) in [5.41, 5.74) is 0.707. The summed E-state index contributed by atoms with van der Waals surface area (Å²) >= 11 is 5.86. The van der Waals surface area contributed by atoms with Gasteiger partial charge < -0.3 is 25.1 Å². The number of rotatable bonds is 8. The largest absolute Gasteiger partial charge is 0.494 e. The molecule has 0 fully saturated rings. The molecule has 0 bridgehead atoms. The van der Waals surface area contributed by atoms with Crippen LogP contribution in [0.5, 0.6) is 5.75 Å². The molecule has 35 heavy (non-hydrogen) atoms. The normalized spacial score (nSPS) is 10.7. The lowest BCUT2D eigenvalue weighted by atomic mass is 10.2. The minimum atomic E-state index is -0.870. The van der Waals surface area contributed by atoms with Crippen molar-refractivity contribution in [3.63, 3.8) is 0 Å². The fourth-order valence-corrected chi connectivity index (χ4v) is 3.05. The molecule has 0 aliphatic rings. The Morgan fingerprint density at radius 1 is 1.00 bits per heavy atom. The van der Waals surface area contributed by atoms with Gasteiger partial charge in [-0.05, 0) is 61.5 Å². The summed E-state index contributed by atoms with van der Waals surface area (Å²) in [6.45, 7) is 2.32. The molecule has 1 heterocycles. The van der Waals surface area contributed by atoms with Crippen molar-refractivity contribution in [1.29, 1.82) is 5.26 Å². The number of nitriles is 1. The number of ether oxygens (including phenoxy) is 1. The molecule has 3 aromatic rings. The third-order valence-corrected chi connectivity index (χ3v) is 4.70. The summed E-state index contributed by atoms with van der Waals surface area (Å²) in [6, 6.07) is 18.1. The summed E-state index contributed by atoms with van der Waals surface area (Å²) in [5, 5.41) is 17.3. The molecule has 0 aliphatic carbocycles. The first-order chi connectivity index (χ1) is 16.9. The molecule has 1 aromatic heterocycles. The van der Waals surface area contributed by atoms with Gasteiger partial charge in [0, 0.05) is 22.5 Å². The first-order valence-electron chi connectivity index (χ1n) is 10.5. The maximum Gasteiger partial charge on any atom is 0.313 e. The van der Waals surface area contributed by atoms with Gasteiger partial charge in [0.15, 0.2) is 0 Å². The number of anilines is 2. The van der Waals surface area contributed by atoms with Crippen molar-refractivity contribution in [3.8, 4) is 11.8 Å². The van der Waals surface area contributed by atoms with Crippen molar-refractivity contribution in [2.24, 2.45) is 0 Å². The molecule has 0 aliphatic heterocycles. The number of hydrogen-bond acceptors (Lipinski definition) is 6. The topological polar surface area (TPSA) is 133 Å². The lowest BCUT2D eigenvalue weighted by molar-refractivity contribution is -0.136. The summed E-state index contributed by atoms with van der Waals surface area (Å²) < 4.78 is 10.9. The summed E-state index contributed by atoms with van der Waals surface area (Å²) in [7, 11) is 0. The number of halogens is 1. The van der Waals surface area contributed by atoms with Crippen LogP contribution >= 0.6 is 11.6 Å². The number of carbonyl (C=O) groups is 3.